The minimum absolute atomic E-state index is 0.473. The highest BCUT2D eigenvalue weighted by Gasteiger charge is 2.15. The SMILES string of the molecule is c1ccc(COc2cncc(-c3cc4c(-c5cc6c(-c7ccncc7)nccc6[nH]5)n[nH]c4cn3)c2)cc1. The fourth-order valence-electron chi connectivity index (χ4n) is 4.58. The maximum absolute atomic E-state index is 5.98. The Labute approximate surface area is 217 Å². The van der Waals surface area contributed by atoms with Crippen LogP contribution in [-0.4, -0.2) is 35.1 Å². The fraction of sp³-hybridized carbons (Fsp3) is 0.0333. The smallest absolute Gasteiger partial charge is 0.138 e. The van der Waals surface area contributed by atoms with E-state index in [1.165, 1.54) is 0 Å². The van der Waals surface area contributed by atoms with Crippen LogP contribution in [0.5, 0.6) is 5.75 Å². The average molecular weight is 496 g/mol. The number of pyridine rings is 4. The van der Waals surface area contributed by atoms with Crippen LogP contribution in [0, 0.1) is 0 Å². The zero-order chi connectivity index (χ0) is 25.3. The van der Waals surface area contributed by atoms with Gasteiger partial charge in [-0.05, 0) is 42.0 Å². The predicted molar refractivity (Wildman–Crippen MR) is 146 cm³/mol. The lowest BCUT2D eigenvalue weighted by Gasteiger charge is -2.08. The van der Waals surface area contributed by atoms with E-state index in [0.717, 1.165) is 61.3 Å². The van der Waals surface area contributed by atoms with Crippen LogP contribution in [0.2, 0.25) is 0 Å². The molecule has 7 aromatic rings. The lowest BCUT2D eigenvalue weighted by atomic mass is 10.1. The minimum Gasteiger partial charge on any atom is -0.487 e. The molecule has 0 aliphatic heterocycles. The number of nitrogens with one attached hydrogen (secondary N) is 2. The second-order valence-electron chi connectivity index (χ2n) is 8.91. The maximum Gasteiger partial charge on any atom is 0.138 e. The average Bonchev–Trinajstić information content (AvgIpc) is 3.61. The normalized spacial score (nSPS) is 11.3. The van der Waals surface area contributed by atoms with E-state index >= 15 is 0 Å². The van der Waals surface area contributed by atoms with Crippen molar-refractivity contribution in [2.45, 2.75) is 6.61 Å². The van der Waals surface area contributed by atoms with Crippen LogP contribution < -0.4 is 4.74 Å². The maximum atomic E-state index is 5.98. The fourth-order valence-corrected chi connectivity index (χ4v) is 4.58. The second kappa shape index (κ2) is 9.25. The third-order valence-corrected chi connectivity index (χ3v) is 6.46. The molecule has 0 aliphatic rings. The molecule has 2 N–H and O–H groups in total. The lowest BCUT2D eigenvalue weighted by Crippen LogP contribution is -1.96. The molecule has 0 amide bonds. The van der Waals surface area contributed by atoms with Crippen molar-refractivity contribution in [1.82, 2.24) is 35.1 Å². The van der Waals surface area contributed by atoms with Crippen LogP contribution >= 0.6 is 0 Å². The molecule has 8 nitrogen and oxygen atoms in total. The summed E-state index contributed by atoms with van der Waals surface area (Å²) < 4.78 is 5.98. The number of rotatable bonds is 6. The Balaban J connectivity index is 1.24. The van der Waals surface area contributed by atoms with Gasteiger partial charge in [0.2, 0.25) is 0 Å². The van der Waals surface area contributed by atoms with Crippen LogP contribution in [0.4, 0.5) is 0 Å². The van der Waals surface area contributed by atoms with Gasteiger partial charge in [0.05, 0.1) is 35.0 Å². The van der Waals surface area contributed by atoms with Gasteiger partial charge < -0.3 is 9.72 Å². The molecule has 0 saturated heterocycles. The van der Waals surface area contributed by atoms with E-state index in [0.29, 0.717) is 12.4 Å². The molecule has 0 aliphatic carbocycles. The van der Waals surface area contributed by atoms with Gasteiger partial charge in [0.1, 0.15) is 18.1 Å². The first-order valence-corrected chi connectivity index (χ1v) is 12.2. The van der Waals surface area contributed by atoms with E-state index in [2.05, 4.69) is 41.2 Å². The second-order valence-corrected chi connectivity index (χ2v) is 8.91. The van der Waals surface area contributed by atoms with Crippen LogP contribution in [-0.2, 0) is 6.61 Å². The first kappa shape index (κ1) is 21.9. The number of hydrogen-bond acceptors (Lipinski definition) is 6. The minimum atomic E-state index is 0.473. The molecule has 1 aromatic carbocycles. The summed E-state index contributed by atoms with van der Waals surface area (Å²) in [5, 5.41) is 9.69. The van der Waals surface area contributed by atoms with Crippen molar-refractivity contribution < 1.29 is 4.74 Å². The van der Waals surface area contributed by atoms with E-state index < -0.39 is 0 Å². The Morgan fingerprint density at radius 3 is 2.45 bits per heavy atom. The Bertz CT molecular complexity index is 1880. The molecule has 0 bridgehead atoms. The first-order chi connectivity index (χ1) is 18.8. The number of nitrogens with zero attached hydrogens (tertiary/aromatic N) is 5. The number of H-pyrrole nitrogens is 2. The van der Waals surface area contributed by atoms with Crippen molar-refractivity contribution in [2.75, 3.05) is 0 Å². The van der Waals surface area contributed by atoms with Gasteiger partial charge in [0.25, 0.3) is 0 Å². The summed E-state index contributed by atoms with van der Waals surface area (Å²) in [4.78, 5) is 21.3. The Morgan fingerprint density at radius 2 is 1.55 bits per heavy atom. The van der Waals surface area contributed by atoms with Crippen molar-refractivity contribution >= 4 is 21.8 Å². The van der Waals surface area contributed by atoms with E-state index in [-0.39, 0.29) is 0 Å². The highest BCUT2D eigenvalue weighted by molar-refractivity contribution is 6.00. The molecule has 0 saturated carbocycles. The zero-order valence-corrected chi connectivity index (χ0v) is 20.2. The van der Waals surface area contributed by atoms with Gasteiger partial charge in [-0.3, -0.25) is 25.0 Å². The predicted octanol–water partition coefficient (Wildman–Crippen LogP) is 6.20. The third kappa shape index (κ3) is 4.04. The molecule has 6 aromatic heterocycles. The summed E-state index contributed by atoms with van der Waals surface area (Å²) in [6, 6.07) is 22.0. The summed E-state index contributed by atoms with van der Waals surface area (Å²) in [5.41, 5.74) is 8.19. The quantitative estimate of drug-likeness (QED) is 0.284. The molecule has 38 heavy (non-hydrogen) atoms. The zero-order valence-electron chi connectivity index (χ0n) is 20.2. The van der Waals surface area contributed by atoms with Gasteiger partial charge in [0, 0.05) is 52.2 Å². The lowest BCUT2D eigenvalue weighted by molar-refractivity contribution is 0.305. The van der Waals surface area contributed by atoms with Crippen molar-refractivity contribution in [1.29, 1.82) is 0 Å². The standard InChI is InChI=1S/C30H21N7O/c1-2-4-19(5-3-1)18-38-22-12-21(15-32-16-22)26-13-24-28(17-34-26)36-37-30(24)27-14-23-25(35-27)8-11-33-29(23)20-6-9-31-10-7-20/h1-17,35H,18H2,(H,36,37). The summed E-state index contributed by atoms with van der Waals surface area (Å²) >= 11 is 0. The summed E-state index contributed by atoms with van der Waals surface area (Å²) in [6.07, 6.45) is 10.7. The Morgan fingerprint density at radius 1 is 0.684 bits per heavy atom. The van der Waals surface area contributed by atoms with E-state index in [4.69, 9.17) is 4.74 Å². The van der Waals surface area contributed by atoms with Gasteiger partial charge in [-0.1, -0.05) is 30.3 Å². The number of aromatic nitrogens is 7. The van der Waals surface area contributed by atoms with Gasteiger partial charge >= 0.3 is 0 Å². The highest BCUT2D eigenvalue weighted by atomic mass is 16.5. The topological polar surface area (TPSA) is 105 Å². The van der Waals surface area contributed by atoms with Gasteiger partial charge in [0.15, 0.2) is 0 Å². The number of ether oxygens (including phenoxy) is 1. The number of aromatic amines is 2. The van der Waals surface area contributed by atoms with Gasteiger partial charge in [-0.25, -0.2) is 0 Å². The molecule has 8 heteroatoms. The molecule has 6 heterocycles. The number of fused-ring (bicyclic) bond motifs is 2. The van der Waals surface area contributed by atoms with Crippen LogP contribution in [0.3, 0.4) is 0 Å². The first-order valence-electron chi connectivity index (χ1n) is 12.2. The van der Waals surface area contributed by atoms with Crippen LogP contribution in [0.15, 0.2) is 104 Å². The van der Waals surface area contributed by atoms with E-state index in [1.54, 1.807) is 31.0 Å². The summed E-state index contributed by atoms with van der Waals surface area (Å²) in [7, 11) is 0. The monoisotopic (exact) mass is 495 g/mol. The van der Waals surface area contributed by atoms with E-state index in [9.17, 15) is 0 Å². The van der Waals surface area contributed by atoms with Crippen molar-refractivity contribution in [3.05, 3.63) is 109 Å². The number of hydrogen-bond donors (Lipinski definition) is 2. The molecule has 0 spiro atoms. The molecular weight excluding hydrogens is 474 g/mol. The molecule has 7 rings (SSSR count). The highest BCUT2D eigenvalue weighted by Crippen LogP contribution is 2.34. The van der Waals surface area contributed by atoms with Crippen molar-refractivity contribution in [3.63, 3.8) is 0 Å². The molecule has 0 radical (unpaired) electrons. The van der Waals surface area contributed by atoms with E-state index in [1.807, 2.05) is 66.9 Å². The van der Waals surface area contributed by atoms with Crippen LogP contribution in [0.25, 0.3) is 55.7 Å². The largest absolute Gasteiger partial charge is 0.487 e. The van der Waals surface area contributed by atoms with Crippen molar-refractivity contribution in [2.24, 2.45) is 0 Å². The Hall–Kier alpha value is -5.37. The van der Waals surface area contributed by atoms with Crippen molar-refractivity contribution in [3.8, 4) is 39.7 Å². The van der Waals surface area contributed by atoms with Crippen LogP contribution in [0.1, 0.15) is 5.56 Å². The molecule has 0 unspecified atom stereocenters. The third-order valence-electron chi connectivity index (χ3n) is 6.46. The van der Waals surface area contributed by atoms with Gasteiger partial charge in [-0.2, -0.15) is 5.10 Å². The molecule has 182 valence electrons. The Kier molecular flexibility index (Phi) is 5.33. The summed E-state index contributed by atoms with van der Waals surface area (Å²) in [6.45, 7) is 0.473. The molecule has 0 fully saturated rings. The van der Waals surface area contributed by atoms with Gasteiger partial charge in [-0.15, -0.1) is 0 Å². The summed E-state index contributed by atoms with van der Waals surface area (Å²) in [5.74, 6) is 0.687. The number of benzene rings is 1. The molecular formula is C30H21N7O. The molecule has 0 atom stereocenters.